The Kier molecular flexibility index (Phi) is 4.23. The van der Waals surface area contributed by atoms with Gasteiger partial charge in [-0.1, -0.05) is 25.0 Å². The fourth-order valence-corrected chi connectivity index (χ4v) is 2.59. The van der Waals surface area contributed by atoms with Gasteiger partial charge in [-0.15, -0.1) is 0 Å². The smallest absolute Gasteiger partial charge is 0.326 e. The van der Waals surface area contributed by atoms with Gasteiger partial charge in [-0.05, 0) is 19.3 Å². The molecule has 0 bridgehead atoms. The summed E-state index contributed by atoms with van der Waals surface area (Å²) in [5.41, 5.74) is 0. The standard InChI is InChI=1S/C13H20N2O3/c16-12(17)11-7-3-1-6-10-15(11)13(18)14-8-4-2-5-9-14/h2,4,11H,1,3,5-10H2,(H,16,17). The van der Waals surface area contributed by atoms with Gasteiger partial charge in [0.1, 0.15) is 6.04 Å². The summed E-state index contributed by atoms with van der Waals surface area (Å²) in [6, 6.07) is -0.764. The minimum atomic E-state index is -0.877. The summed E-state index contributed by atoms with van der Waals surface area (Å²) in [5, 5.41) is 9.25. The van der Waals surface area contributed by atoms with Crippen LogP contribution in [0, 0.1) is 0 Å². The van der Waals surface area contributed by atoms with E-state index in [2.05, 4.69) is 6.08 Å². The van der Waals surface area contributed by atoms with E-state index in [0.717, 1.165) is 25.7 Å². The highest BCUT2D eigenvalue weighted by molar-refractivity contribution is 5.83. The Morgan fingerprint density at radius 1 is 1.11 bits per heavy atom. The van der Waals surface area contributed by atoms with Crippen molar-refractivity contribution in [3.05, 3.63) is 12.2 Å². The average molecular weight is 252 g/mol. The molecule has 1 atom stereocenters. The Morgan fingerprint density at radius 2 is 1.94 bits per heavy atom. The molecule has 2 aliphatic heterocycles. The van der Waals surface area contributed by atoms with E-state index in [0.29, 0.717) is 26.1 Å². The normalized spacial score (nSPS) is 24.8. The highest BCUT2D eigenvalue weighted by Gasteiger charge is 2.33. The van der Waals surface area contributed by atoms with Crippen molar-refractivity contribution < 1.29 is 14.7 Å². The van der Waals surface area contributed by atoms with Crippen molar-refractivity contribution in [2.24, 2.45) is 0 Å². The number of likely N-dealkylation sites (tertiary alicyclic amines) is 1. The van der Waals surface area contributed by atoms with Gasteiger partial charge in [0.05, 0.1) is 0 Å². The average Bonchev–Trinajstić information content (AvgIpc) is 2.64. The molecule has 1 N–H and O–H groups in total. The Hall–Kier alpha value is -1.52. The summed E-state index contributed by atoms with van der Waals surface area (Å²) >= 11 is 0. The monoisotopic (exact) mass is 252 g/mol. The summed E-state index contributed by atoms with van der Waals surface area (Å²) in [5.74, 6) is -0.877. The van der Waals surface area contributed by atoms with Crippen LogP contribution < -0.4 is 0 Å². The molecule has 5 heteroatoms. The lowest BCUT2D eigenvalue weighted by atomic mass is 10.1. The van der Waals surface area contributed by atoms with Crippen LogP contribution in [0.1, 0.15) is 32.1 Å². The first-order chi connectivity index (χ1) is 8.70. The number of nitrogens with zero attached hydrogens (tertiary/aromatic N) is 2. The maximum absolute atomic E-state index is 12.4. The van der Waals surface area contributed by atoms with Crippen LogP contribution in [-0.2, 0) is 4.79 Å². The van der Waals surface area contributed by atoms with Gasteiger partial charge in [-0.3, -0.25) is 0 Å². The molecule has 1 fully saturated rings. The molecule has 1 unspecified atom stereocenters. The van der Waals surface area contributed by atoms with Crippen LogP contribution in [0.3, 0.4) is 0 Å². The van der Waals surface area contributed by atoms with Crippen LogP contribution in [0.4, 0.5) is 4.79 Å². The van der Waals surface area contributed by atoms with E-state index in [1.54, 1.807) is 9.80 Å². The van der Waals surface area contributed by atoms with E-state index in [-0.39, 0.29) is 6.03 Å². The summed E-state index contributed by atoms with van der Waals surface area (Å²) < 4.78 is 0. The van der Waals surface area contributed by atoms with Crippen molar-refractivity contribution in [1.29, 1.82) is 0 Å². The number of hydrogen-bond acceptors (Lipinski definition) is 2. The van der Waals surface area contributed by atoms with Gasteiger partial charge in [0.15, 0.2) is 0 Å². The van der Waals surface area contributed by atoms with Crippen molar-refractivity contribution >= 4 is 12.0 Å². The second-order valence-corrected chi connectivity index (χ2v) is 4.89. The van der Waals surface area contributed by atoms with Gasteiger partial charge in [0.25, 0.3) is 0 Å². The van der Waals surface area contributed by atoms with Crippen LogP contribution in [0.25, 0.3) is 0 Å². The molecule has 0 aromatic heterocycles. The molecule has 5 nitrogen and oxygen atoms in total. The number of carbonyl (C=O) groups excluding carboxylic acids is 1. The van der Waals surface area contributed by atoms with Gasteiger partial charge in [0.2, 0.25) is 0 Å². The number of aliphatic carboxylic acids is 1. The molecular formula is C13H20N2O3. The second-order valence-electron chi connectivity index (χ2n) is 4.89. The number of carboxylic acids is 1. The Labute approximate surface area is 107 Å². The summed E-state index contributed by atoms with van der Waals surface area (Å²) in [4.78, 5) is 26.9. The van der Waals surface area contributed by atoms with E-state index in [1.165, 1.54) is 0 Å². The molecule has 0 spiro atoms. The minimum absolute atomic E-state index is 0.117. The lowest BCUT2D eigenvalue weighted by Gasteiger charge is -2.33. The molecule has 0 radical (unpaired) electrons. The zero-order valence-electron chi connectivity index (χ0n) is 10.5. The second kappa shape index (κ2) is 5.89. The number of urea groups is 1. The molecule has 100 valence electrons. The Morgan fingerprint density at radius 3 is 2.61 bits per heavy atom. The summed E-state index contributed by atoms with van der Waals surface area (Å²) in [6.45, 7) is 1.86. The van der Waals surface area contributed by atoms with Crippen LogP contribution in [-0.4, -0.2) is 52.6 Å². The first kappa shape index (κ1) is 12.9. The predicted molar refractivity (Wildman–Crippen MR) is 67.3 cm³/mol. The quantitative estimate of drug-likeness (QED) is 0.722. The lowest BCUT2D eigenvalue weighted by molar-refractivity contribution is -0.142. The van der Waals surface area contributed by atoms with E-state index in [4.69, 9.17) is 0 Å². The van der Waals surface area contributed by atoms with E-state index < -0.39 is 12.0 Å². The molecule has 0 saturated carbocycles. The van der Waals surface area contributed by atoms with Gasteiger partial charge < -0.3 is 14.9 Å². The zero-order valence-corrected chi connectivity index (χ0v) is 10.5. The molecule has 18 heavy (non-hydrogen) atoms. The molecular weight excluding hydrogens is 232 g/mol. The van der Waals surface area contributed by atoms with Crippen molar-refractivity contribution in [2.75, 3.05) is 19.6 Å². The topological polar surface area (TPSA) is 60.9 Å². The summed E-state index contributed by atoms with van der Waals surface area (Å²) in [6.07, 6.45) is 8.26. The predicted octanol–water partition coefficient (Wildman–Crippen LogP) is 1.70. The fraction of sp³-hybridized carbons (Fsp3) is 0.692. The fourth-order valence-electron chi connectivity index (χ4n) is 2.59. The number of carbonyl (C=O) groups is 2. The third-order valence-corrected chi connectivity index (χ3v) is 3.61. The van der Waals surface area contributed by atoms with Gasteiger partial charge in [0, 0.05) is 19.6 Å². The molecule has 1 saturated heterocycles. The number of hydrogen-bond donors (Lipinski definition) is 1. The molecule has 0 aromatic carbocycles. The third-order valence-electron chi connectivity index (χ3n) is 3.61. The van der Waals surface area contributed by atoms with Crippen LogP contribution in [0.15, 0.2) is 12.2 Å². The maximum Gasteiger partial charge on any atom is 0.326 e. The van der Waals surface area contributed by atoms with Crippen LogP contribution in [0.2, 0.25) is 0 Å². The molecule has 2 amide bonds. The van der Waals surface area contributed by atoms with E-state index in [9.17, 15) is 14.7 Å². The molecule has 2 aliphatic rings. The highest BCUT2D eigenvalue weighted by atomic mass is 16.4. The lowest BCUT2D eigenvalue weighted by Crippen LogP contribution is -2.51. The van der Waals surface area contributed by atoms with E-state index in [1.807, 2.05) is 6.08 Å². The van der Waals surface area contributed by atoms with Crippen molar-refractivity contribution in [2.45, 2.75) is 38.1 Å². The Bertz CT molecular complexity index is 354. The van der Waals surface area contributed by atoms with E-state index >= 15 is 0 Å². The van der Waals surface area contributed by atoms with Crippen molar-refractivity contribution in [3.63, 3.8) is 0 Å². The molecule has 2 heterocycles. The molecule has 2 rings (SSSR count). The Balaban J connectivity index is 2.09. The highest BCUT2D eigenvalue weighted by Crippen LogP contribution is 2.19. The van der Waals surface area contributed by atoms with Gasteiger partial charge in [-0.25, -0.2) is 9.59 Å². The number of amides is 2. The van der Waals surface area contributed by atoms with Crippen LogP contribution >= 0.6 is 0 Å². The SMILES string of the molecule is O=C(O)C1CCCCCN1C(=O)N1CC=CCC1. The largest absolute Gasteiger partial charge is 0.480 e. The van der Waals surface area contributed by atoms with Crippen molar-refractivity contribution in [3.8, 4) is 0 Å². The zero-order chi connectivity index (χ0) is 13.0. The number of rotatable bonds is 1. The molecule has 0 aliphatic carbocycles. The number of carboxylic acid groups (broad SMARTS) is 1. The first-order valence-electron chi connectivity index (χ1n) is 6.63. The van der Waals surface area contributed by atoms with Crippen molar-refractivity contribution in [1.82, 2.24) is 9.80 Å². The first-order valence-corrected chi connectivity index (χ1v) is 6.63. The molecule has 0 aromatic rings. The summed E-state index contributed by atoms with van der Waals surface area (Å²) in [7, 11) is 0. The van der Waals surface area contributed by atoms with Crippen LogP contribution in [0.5, 0.6) is 0 Å². The van der Waals surface area contributed by atoms with Gasteiger partial charge in [-0.2, -0.15) is 0 Å². The van der Waals surface area contributed by atoms with Gasteiger partial charge >= 0.3 is 12.0 Å². The minimum Gasteiger partial charge on any atom is -0.480 e. The third kappa shape index (κ3) is 2.83. The maximum atomic E-state index is 12.4.